The van der Waals surface area contributed by atoms with Crippen LogP contribution in [0.15, 0.2) is 12.4 Å². The number of piperidine rings is 1. The van der Waals surface area contributed by atoms with E-state index in [1.165, 1.54) is 4.68 Å². The molecule has 15 heavy (non-hydrogen) atoms. The number of nitrogens with zero attached hydrogens (tertiary/aromatic N) is 2. The summed E-state index contributed by atoms with van der Waals surface area (Å²) in [5.41, 5.74) is -1.09. The molecule has 1 saturated heterocycles. The number of hydrogen-bond acceptors (Lipinski definition) is 3. The predicted octanol–water partition coefficient (Wildman–Crippen LogP) is 0.185. The molecule has 2 rings (SSSR count). The molecule has 0 bridgehead atoms. The minimum absolute atomic E-state index is 0.420. The molecule has 2 heterocycles. The second-order valence-electron chi connectivity index (χ2n) is 3.69. The summed E-state index contributed by atoms with van der Waals surface area (Å²) in [6.07, 6.45) is 3.01. The van der Waals surface area contributed by atoms with Crippen molar-refractivity contribution in [3.05, 3.63) is 18.2 Å². The molecule has 0 amide bonds. The highest BCUT2D eigenvalue weighted by molar-refractivity contribution is 5.76. The van der Waals surface area contributed by atoms with Crippen molar-refractivity contribution in [3.8, 4) is 0 Å². The molecule has 2 N–H and O–H groups in total. The van der Waals surface area contributed by atoms with E-state index >= 15 is 0 Å². The molecule has 0 unspecified atom stereocenters. The Morgan fingerprint density at radius 2 is 2.27 bits per heavy atom. The molecule has 0 saturated carbocycles. The van der Waals surface area contributed by atoms with Crippen LogP contribution in [0.2, 0.25) is 0 Å². The van der Waals surface area contributed by atoms with Crippen LogP contribution >= 0.6 is 0 Å². The van der Waals surface area contributed by atoms with Crippen LogP contribution in [0.25, 0.3) is 0 Å². The van der Waals surface area contributed by atoms with Crippen LogP contribution in [0.3, 0.4) is 0 Å². The molecular formula is C9H12FN3O2. The van der Waals surface area contributed by atoms with Crippen molar-refractivity contribution in [1.82, 2.24) is 15.1 Å². The van der Waals surface area contributed by atoms with Gasteiger partial charge in [0.1, 0.15) is 0 Å². The van der Waals surface area contributed by atoms with Gasteiger partial charge in [-0.15, -0.1) is 0 Å². The SMILES string of the molecule is O=C(O)C1(n2cc(F)cn2)CCNCC1. The molecule has 1 aliphatic heterocycles. The summed E-state index contributed by atoms with van der Waals surface area (Å²) in [7, 11) is 0. The molecule has 0 spiro atoms. The maximum absolute atomic E-state index is 12.8. The zero-order valence-corrected chi connectivity index (χ0v) is 8.11. The molecule has 1 aliphatic rings. The highest BCUT2D eigenvalue weighted by atomic mass is 19.1. The van der Waals surface area contributed by atoms with E-state index in [2.05, 4.69) is 10.4 Å². The lowest BCUT2D eigenvalue weighted by Crippen LogP contribution is -2.50. The van der Waals surface area contributed by atoms with Crippen LogP contribution in [0.4, 0.5) is 4.39 Å². The summed E-state index contributed by atoms with van der Waals surface area (Å²) >= 11 is 0. The smallest absolute Gasteiger partial charge is 0.331 e. The van der Waals surface area contributed by atoms with Gasteiger partial charge in [0.05, 0.1) is 12.4 Å². The highest BCUT2D eigenvalue weighted by Gasteiger charge is 2.42. The minimum Gasteiger partial charge on any atom is -0.479 e. The first-order valence-corrected chi connectivity index (χ1v) is 4.80. The molecule has 1 fully saturated rings. The molecule has 1 aromatic rings. The molecule has 82 valence electrons. The number of rotatable bonds is 2. The highest BCUT2D eigenvalue weighted by Crippen LogP contribution is 2.27. The van der Waals surface area contributed by atoms with Crippen molar-refractivity contribution < 1.29 is 14.3 Å². The van der Waals surface area contributed by atoms with Crippen LogP contribution < -0.4 is 5.32 Å². The quantitative estimate of drug-likeness (QED) is 0.735. The molecular weight excluding hydrogens is 201 g/mol. The lowest BCUT2D eigenvalue weighted by Gasteiger charge is -2.33. The van der Waals surface area contributed by atoms with Crippen molar-refractivity contribution >= 4 is 5.97 Å². The van der Waals surface area contributed by atoms with Gasteiger partial charge in [0.2, 0.25) is 0 Å². The van der Waals surface area contributed by atoms with Gasteiger partial charge in [0, 0.05) is 0 Å². The fraction of sp³-hybridized carbons (Fsp3) is 0.556. The second kappa shape index (κ2) is 3.62. The van der Waals surface area contributed by atoms with E-state index in [-0.39, 0.29) is 0 Å². The number of nitrogens with one attached hydrogen (secondary N) is 1. The zero-order chi connectivity index (χ0) is 10.9. The molecule has 1 aromatic heterocycles. The van der Waals surface area contributed by atoms with E-state index in [1.54, 1.807) is 0 Å². The molecule has 0 aliphatic carbocycles. The van der Waals surface area contributed by atoms with Gasteiger partial charge in [0.15, 0.2) is 11.4 Å². The Morgan fingerprint density at radius 3 is 2.73 bits per heavy atom. The van der Waals surface area contributed by atoms with Crippen LogP contribution in [0.5, 0.6) is 0 Å². The van der Waals surface area contributed by atoms with Gasteiger partial charge in [-0.05, 0) is 25.9 Å². The number of carboxylic acid groups (broad SMARTS) is 1. The summed E-state index contributed by atoms with van der Waals surface area (Å²) < 4.78 is 14.1. The van der Waals surface area contributed by atoms with E-state index in [9.17, 15) is 14.3 Å². The fourth-order valence-electron chi connectivity index (χ4n) is 1.92. The first-order valence-electron chi connectivity index (χ1n) is 4.80. The summed E-state index contributed by atoms with van der Waals surface area (Å²) in [5, 5.41) is 16.1. The third kappa shape index (κ3) is 1.61. The maximum Gasteiger partial charge on any atom is 0.331 e. The Morgan fingerprint density at radius 1 is 1.60 bits per heavy atom. The Labute approximate surface area is 85.9 Å². The number of aromatic nitrogens is 2. The average Bonchev–Trinajstić information content (AvgIpc) is 2.66. The Balaban J connectivity index is 2.37. The fourth-order valence-corrected chi connectivity index (χ4v) is 1.92. The first kappa shape index (κ1) is 10.1. The third-order valence-electron chi connectivity index (χ3n) is 2.82. The van der Waals surface area contributed by atoms with Gasteiger partial charge in [-0.1, -0.05) is 0 Å². The number of carboxylic acids is 1. The number of halogens is 1. The Kier molecular flexibility index (Phi) is 2.44. The van der Waals surface area contributed by atoms with E-state index in [0.29, 0.717) is 25.9 Å². The summed E-state index contributed by atoms with van der Waals surface area (Å²) in [5.74, 6) is -1.46. The van der Waals surface area contributed by atoms with Crippen LogP contribution in [-0.4, -0.2) is 33.9 Å². The number of aliphatic carboxylic acids is 1. The molecule has 6 heteroatoms. The van der Waals surface area contributed by atoms with Crippen molar-refractivity contribution in [3.63, 3.8) is 0 Å². The van der Waals surface area contributed by atoms with Gasteiger partial charge in [-0.3, -0.25) is 4.68 Å². The lowest BCUT2D eigenvalue weighted by atomic mass is 9.89. The maximum atomic E-state index is 12.8. The average molecular weight is 213 g/mol. The predicted molar refractivity (Wildman–Crippen MR) is 49.9 cm³/mol. The Bertz CT molecular complexity index is 371. The summed E-state index contributed by atoms with van der Waals surface area (Å²) in [4.78, 5) is 11.3. The van der Waals surface area contributed by atoms with Gasteiger partial charge in [-0.2, -0.15) is 5.10 Å². The molecule has 0 radical (unpaired) electrons. The van der Waals surface area contributed by atoms with E-state index in [4.69, 9.17) is 0 Å². The van der Waals surface area contributed by atoms with Crippen molar-refractivity contribution in [2.24, 2.45) is 0 Å². The van der Waals surface area contributed by atoms with Crippen molar-refractivity contribution in [1.29, 1.82) is 0 Å². The molecule has 0 aromatic carbocycles. The van der Waals surface area contributed by atoms with Crippen LogP contribution in [-0.2, 0) is 10.3 Å². The number of hydrogen-bond donors (Lipinski definition) is 2. The monoisotopic (exact) mass is 213 g/mol. The standard InChI is InChI=1S/C9H12FN3O2/c10-7-5-12-13(6-7)9(8(14)15)1-3-11-4-2-9/h5-6,11H,1-4H2,(H,14,15). The summed E-state index contributed by atoms with van der Waals surface area (Å²) in [6, 6.07) is 0. The van der Waals surface area contributed by atoms with Gasteiger partial charge in [0.25, 0.3) is 0 Å². The Hall–Kier alpha value is -1.43. The van der Waals surface area contributed by atoms with Gasteiger partial charge in [-0.25, -0.2) is 9.18 Å². The largest absolute Gasteiger partial charge is 0.479 e. The van der Waals surface area contributed by atoms with Crippen LogP contribution in [0.1, 0.15) is 12.8 Å². The lowest BCUT2D eigenvalue weighted by molar-refractivity contribution is -0.149. The van der Waals surface area contributed by atoms with E-state index in [1.807, 2.05) is 0 Å². The molecule has 0 atom stereocenters. The van der Waals surface area contributed by atoms with Crippen molar-refractivity contribution in [2.45, 2.75) is 18.4 Å². The first-order chi connectivity index (χ1) is 7.15. The van der Waals surface area contributed by atoms with Crippen molar-refractivity contribution in [2.75, 3.05) is 13.1 Å². The minimum atomic E-state index is -1.09. The van der Waals surface area contributed by atoms with Crippen LogP contribution in [0, 0.1) is 5.82 Å². The third-order valence-corrected chi connectivity index (χ3v) is 2.82. The van der Waals surface area contributed by atoms with E-state index in [0.717, 1.165) is 12.4 Å². The van der Waals surface area contributed by atoms with Gasteiger partial charge >= 0.3 is 5.97 Å². The number of carbonyl (C=O) groups is 1. The molecule has 5 nitrogen and oxygen atoms in total. The zero-order valence-electron chi connectivity index (χ0n) is 8.11. The summed E-state index contributed by atoms with van der Waals surface area (Å²) in [6.45, 7) is 1.21. The normalized spacial score (nSPS) is 20.1. The van der Waals surface area contributed by atoms with E-state index < -0.39 is 17.3 Å². The van der Waals surface area contributed by atoms with Gasteiger partial charge < -0.3 is 10.4 Å². The second-order valence-corrected chi connectivity index (χ2v) is 3.69. The topological polar surface area (TPSA) is 67.1 Å².